The molecule has 0 amide bonds. The van der Waals surface area contributed by atoms with Crippen molar-refractivity contribution in [2.75, 3.05) is 12.5 Å². The van der Waals surface area contributed by atoms with Crippen LogP contribution >= 0.6 is 141 Å². The third-order valence-corrected chi connectivity index (χ3v) is 17.9. The maximum atomic E-state index is 6.11. The Labute approximate surface area is 193 Å². The summed E-state index contributed by atoms with van der Waals surface area (Å²) < 4.78 is 12.4. The van der Waals surface area contributed by atoms with Gasteiger partial charge in [-0.05, 0) is 12.5 Å². The number of hydrogen-bond acceptors (Lipinski definition) is 10. The van der Waals surface area contributed by atoms with Gasteiger partial charge in [-0.1, -0.05) is 117 Å². The SMILES string of the molecule is CSC1=C(SC)SC(=C2SC3=C(SC(=C4SC(Cl)=C(Cl)S4)S3)S2)S1. The molecule has 4 rings (SSSR count). The lowest BCUT2D eigenvalue weighted by Gasteiger charge is -2.06. The van der Waals surface area contributed by atoms with Gasteiger partial charge in [-0.2, -0.15) is 0 Å². The van der Waals surface area contributed by atoms with Crippen molar-refractivity contribution in [1.82, 2.24) is 0 Å². The summed E-state index contributed by atoms with van der Waals surface area (Å²) >= 11 is 30.5. The zero-order valence-electron chi connectivity index (χ0n) is 11.8. The summed E-state index contributed by atoms with van der Waals surface area (Å²) in [5, 5.41) is 0. The van der Waals surface area contributed by atoms with Gasteiger partial charge in [0.2, 0.25) is 0 Å². The molecule has 0 saturated heterocycles. The summed E-state index contributed by atoms with van der Waals surface area (Å²) in [7, 11) is 0. The molecule has 0 unspecified atom stereocenters. The average Bonchev–Trinajstić information content (AvgIpc) is 3.29. The molecule has 128 valence electrons. The lowest BCUT2D eigenvalue weighted by molar-refractivity contribution is 2.30. The Kier molecular flexibility index (Phi) is 7.23. The maximum absolute atomic E-state index is 6.11. The molecule has 12 heteroatoms. The molecule has 4 heterocycles. The van der Waals surface area contributed by atoms with Gasteiger partial charge < -0.3 is 0 Å². The Morgan fingerprint density at radius 3 is 1.12 bits per heavy atom. The zero-order valence-corrected chi connectivity index (χ0v) is 21.5. The van der Waals surface area contributed by atoms with Crippen LogP contribution in [0.3, 0.4) is 0 Å². The van der Waals surface area contributed by atoms with Crippen LogP contribution in [-0.4, -0.2) is 12.5 Å². The maximum Gasteiger partial charge on any atom is 0.104 e. The lowest BCUT2D eigenvalue weighted by Crippen LogP contribution is -1.72. The van der Waals surface area contributed by atoms with Gasteiger partial charge in [0.25, 0.3) is 0 Å². The molecule has 0 bridgehead atoms. The smallest absolute Gasteiger partial charge is 0.104 e. The van der Waals surface area contributed by atoms with E-state index < -0.39 is 0 Å². The van der Waals surface area contributed by atoms with Crippen molar-refractivity contribution in [1.29, 1.82) is 0 Å². The minimum absolute atomic E-state index is 0.694. The van der Waals surface area contributed by atoms with Gasteiger partial charge in [0.05, 0.1) is 33.9 Å². The fraction of sp³-hybridized carbons (Fsp3) is 0.167. The van der Waals surface area contributed by atoms with Crippen LogP contribution in [0.15, 0.2) is 42.6 Å². The number of rotatable bonds is 2. The second-order valence-electron chi connectivity index (χ2n) is 4.07. The number of thioether (sulfide) groups is 10. The summed E-state index contributed by atoms with van der Waals surface area (Å²) in [6.45, 7) is 0. The van der Waals surface area contributed by atoms with E-state index in [4.69, 9.17) is 23.2 Å². The van der Waals surface area contributed by atoms with Gasteiger partial charge in [-0.15, -0.1) is 23.5 Å². The van der Waals surface area contributed by atoms with Gasteiger partial charge >= 0.3 is 0 Å². The third-order valence-electron chi connectivity index (χ3n) is 2.67. The second kappa shape index (κ2) is 8.65. The van der Waals surface area contributed by atoms with Gasteiger partial charge in [0.1, 0.15) is 8.73 Å². The van der Waals surface area contributed by atoms with Crippen molar-refractivity contribution in [2.45, 2.75) is 0 Å². The molecule has 0 aliphatic carbocycles. The topological polar surface area (TPSA) is 0 Å². The summed E-state index contributed by atoms with van der Waals surface area (Å²) in [6.07, 6.45) is 4.32. The molecule has 0 aromatic heterocycles. The average molecular weight is 542 g/mol. The third kappa shape index (κ3) is 4.06. The highest BCUT2D eigenvalue weighted by Crippen LogP contribution is 2.72. The van der Waals surface area contributed by atoms with E-state index in [1.165, 1.54) is 33.9 Å². The first-order chi connectivity index (χ1) is 11.6. The number of halogens is 2. The van der Waals surface area contributed by atoms with Gasteiger partial charge in [0, 0.05) is 0 Å². The molecule has 0 nitrogen and oxygen atoms in total. The van der Waals surface area contributed by atoms with Crippen molar-refractivity contribution in [3.63, 3.8) is 0 Å². The van der Waals surface area contributed by atoms with Crippen molar-refractivity contribution in [2.24, 2.45) is 0 Å². The predicted molar refractivity (Wildman–Crippen MR) is 135 cm³/mol. The van der Waals surface area contributed by atoms with Crippen LogP contribution < -0.4 is 0 Å². The van der Waals surface area contributed by atoms with E-state index in [-0.39, 0.29) is 0 Å². The fourth-order valence-corrected chi connectivity index (χ4v) is 16.5. The molecule has 0 N–H and O–H groups in total. The van der Waals surface area contributed by atoms with E-state index in [2.05, 4.69) is 12.5 Å². The van der Waals surface area contributed by atoms with Crippen molar-refractivity contribution < 1.29 is 0 Å². The van der Waals surface area contributed by atoms with Gasteiger partial charge in [0.15, 0.2) is 0 Å². The Bertz CT molecular complexity index is 719. The van der Waals surface area contributed by atoms with Crippen LogP contribution in [0, 0.1) is 0 Å². The first-order valence-corrected chi connectivity index (χ1v) is 15.9. The van der Waals surface area contributed by atoms with E-state index >= 15 is 0 Å². The van der Waals surface area contributed by atoms with E-state index in [0.717, 1.165) is 0 Å². The minimum Gasteiger partial charge on any atom is -0.121 e. The summed E-state index contributed by atoms with van der Waals surface area (Å²) in [5.74, 6) is 0. The molecule has 0 saturated carbocycles. The monoisotopic (exact) mass is 540 g/mol. The first kappa shape index (κ1) is 20.1. The molecule has 0 aromatic rings. The highest BCUT2D eigenvalue weighted by molar-refractivity contribution is 8.50. The minimum atomic E-state index is 0.694. The molecular formula is C12H6Cl2S10. The standard InChI is InChI=1S/C12H6Cl2S10/c1-15-5-6(16-2)20-9(19-5)10-23-11-12(24-10)22-8(21-11)7-17-3(13)4(14)18-7/h1-2H3. The van der Waals surface area contributed by atoms with Crippen molar-refractivity contribution >= 4 is 141 Å². The molecule has 0 aromatic carbocycles. The Morgan fingerprint density at radius 2 is 0.792 bits per heavy atom. The van der Waals surface area contributed by atoms with Crippen LogP contribution in [0.2, 0.25) is 0 Å². The molecule has 0 radical (unpaired) electrons. The highest BCUT2D eigenvalue weighted by atomic mass is 35.5. The van der Waals surface area contributed by atoms with E-state index in [9.17, 15) is 0 Å². The van der Waals surface area contributed by atoms with Gasteiger partial charge in [-0.25, -0.2) is 0 Å². The van der Waals surface area contributed by atoms with Crippen molar-refractivity contribution in [3.05, 3.63) is 42.6 Å². The molecular weight excluding hydrogens is 536 g/mol. The first-order valence-electron chi connectivity index (χ1n) is 6.12. The predicted octanol–water partition coefficient (Wildman–Crippen LogP) is 9.74. The van der Waals surface area contributed by atoms with E-state index in [1.807, 2.05) is 94.1 Å². The summed E-state index contributed by atoms with van der Waals surface area (Å²) in [4.78, 5) is 0. The summed E-state index contributed by atoms with van der Waals surface area (Å²) in [6, 6.07) is 0. The Balaban J connectivity index is 1.45. The van der Waals surface area contributed by atoms with E-state index in [0.29, 0.717) is 8.73 Å². The molecule has 4 aliphatic heterocycles. The quantitative estimate of drug-likeness (QED) is 0.330. The fourth-order valence-electron chi connectivity index (χ4n) is 1.71. The second-order valence-corrected chi connectivity index (χ2v) is 17.1. The zero-order chi connectivity index (χ0) is 16.8. The molecule has 0 atom stereocenters. The molecule has 24 heavy (non-hydrogen) atoms. The van der Waals surface area contributed by atoms with Crippen LogP contribution in [0.4, 0.5) is 0 Å². The highest BCUT2D eigenvalue weighted by Gasteiger charge is 2.36. The molecule has 0 fully saturated rings. The summed E-state index contributed by atoms with van der Waals surface area (Å²) in [5.41, 5.74) is 0. The largest absolute Gasteiger partial charge is 0.121 e. The Morgan fingerprint density at radius 1 is 0.500 bits per heavy atom. The van der Waals surface area contributed by atoms with Crippen LogP contribution in [-0.2, 0) is 0 Å². The molecule has 0 spiro atoms. The van der Waals surface area contributed by atoms with E-state index in [1.54, 1.807) is 23.5 Å². The van der Waals surface area contributed by atoms with Gasteiger partial charge in [-0.3, -0.25) is 0 Å². The lowest BCUT2D eigenvalue weighted by atomic mass is 11.2. The molecule has 4 aliphatic rings. The normalized spacial score (nSPS) is 24.5. The number of hydrogen-bond donors (Lipinski definition) is 0. The van der Waals surface area contributed by atoms with Crippen LogP contribution in [0.25, 0.3) is 0 Å². The van der Waals surface area contributed by atoms with Crippen molar-refractivity contribution in [3.8, 4) is 0 Å². The Hall–Kier alpha value is 2.78. The van der Waals surface area contributed by atoms with Crippen LogP contribution in [0.5, 0.6) is 0 Å². The van der Waals surface area contributed by atoms with Crippen LogP contribution in [0.1, 0.15) is 0 Å².